The van der Waals surface area contributed by atoms with E-state index in [1.807, 2.05) is 0 Å². The number of rotatable bonds is 5. The largest absolute Gasteiger partial charge is 0.342 e. The van der Waals surface area contributed by atoms with Crippen LogP contribution in [0.2, 0.25) is 0 Å². The molecule has 2 aromatic rings. The lowest BCUT2D eigenvalue weighted by Crippen LogP contribution is -2.47. The van der Waals surface area contributed by atoms with Crippen LogP contribution in [0.15, 0.2) is 18.2 Å². The molecule has 0 unspecified atom stereocenters. The molecule has 2 aliphatic heterocycles. The van der Waals surface area contributed by atoms with Crippen molar-refractivity contribution in [1.82, 2.24) is 14.4 Å². The molecule has 0 bridgehead atoms. The molecular weight excluding hydrogens is 410 g/mol. The standard InChI is InChI=1S/C28H37N3O2/c1-20-9-10-23-22(17-20)21-7-6-8-24-27(21)30(23)16-15-29(24)13-4-5-14-31-25(32)18-28(19-26(31)33)11-2-3-12-28/h9-10,17,24H,2-8,11-16,18-19H2,1H3/t24-/m0/s1. The number of likely N-dealkylation sites (tertiary alicyclic amines) is 1. The number of imide groups is 1. The van der Waals surface area contributed by atoms with E-state index in [2.05, 4.69) is 34.6 Å². The number of hydrogen-bond acceptors (Lipinski definition) is 3. The number of benzene rings is 1. The summed E-state index contributed by atoms with van der Waals surface area (Å²) in [6.45, 7) is 6.03. The van der Waals surface area contributed by atoms with E-state index in [0.29, 0.717) is 25.4 Å². The monoisotopic (exact) mass is 447 g/mol. The predicted octanol–water partition coefficient (Wildman–Crippen LogP) is 5.13. The van der Waals surface area contributed by atoms with Gasteiger partial charge in [-0.15, -0.1) is 0 Å². The van der Waals surface area contributed by atoms with Gasteiger partial charge in [-0.05, 0) is 81.5 Å². The Morgan fingerprint density at radius 3 is 2.52 bits per heavy atom. The summed E-state index contributed by atoms with van der Waals surface area (Å²) >= 11 is 0. The third kappa shape index (κ3) is 3.63. The van der Waals surface area contributed by atoms with Crippen molar-refractivity contribution in [3.8, 4) is 0 Å². The fourth-order valence-corrected chi connectivity index (χ4v) is 7.41. The van der Waals surface area contributed by atoms with Crippen molar-refractivity contribution < 1.29 is 9.59 Å². The number of piperidine rings is 1. The molecule has 1 atom stereocenters. The number of carbonyl (C=O) groups is 2. The van der Waals surface area contributed by atoms with Crippen LogP contribution in [-0.2, 0) is 22.6 Å². The van der Waals surface area contributed by atoms with E-state index in [9.17, 15) is 9.59 Å². The van der Waals surface area contributed by atoms with E-state index in [1.165, 1.54) is 48.6 Å². The van der Waals surface area contributed by atoms with Gasteiger partial charge in [-0.2, -0.15) is 0 Å². The zero-order valence-electron chi connectivity index (χ0n) is 20.1. The predicted molar refractivity (Wildman–Crippen MR) is 130 cm³/mol. The Kier molecular flexibility index (Phi) is 5.36. The second kappa shape index (κ2) is 8.26. The Hall–Kier alpha value is -2.14. The van der Waals surface area contributed by atoms with Gasteiger partial charge < -0.3 is 4.57 Å². The summed E-state index contributed by atoms with van der Waals surface area (Å²) in [5.74, 6) is 0.172. The molecule has 2 amide bonds. The third-order valence-electron chi connectivity index (χ3n) is 9.04. The molecule has 1 aromatic heterocycles. The van der Waals surface area contributed by atoms with Crippen molar-refractivity contribution >= 4 is 22.7 Å². The highest BCUT2D eigenvalue weighted by atomic mass is 16.2. The third-order valence-corrected chi connectivity index (χ3v) is 9.04. The molecule has 1 aromatic carbocycles. The number of fused-ring (bicyclic) bond motifs is 3. The minimum Gasteiger partial charge on any atom is -0.342 e. The van der Waals surface area contributed by atoms with Crippen LogP contribution in [0, 0.1) is 12.3 Å². The molecule has 2 fully saturated rings. The molecule has 6 rings (SSSR count). The molecule has 0 N–H and O–H groups in total. The fraction of sp³-hybridized carbons (Fsp3) is 0.643. The van der Waals surface area contributed by atoms with Crippen LogP contribution in [-0.4, -0.2) is 45.8 Å². The summed E-state index contributed by atoms with van der Waals surface area (Å²) in [5.41, 5.74) is 5.92. The van der Waals surface area contributed by atoms with Gasteiger partial charge in [-0.1, -0.05) is 24.5 Å². The molecule has 176 valence electrons. The maximum absolute atomic E-state index is 12.7. The first-order valence-electron chi connectivity index (χ1n) is 13.2. The highest BCUT2D eigenvalue weighted by molar-refractivity contribution is 5.98. The molecule has 5 heteroatoms. The van der Waals surface area contributed by atoms with Crippen LogP contribution >= 0.6 is 0 Å². The highest BCUT2D eigenvalue weighted by Crippen LogP contribution is 2.47. The van der Waals surface area contributed by atoms with Gasteiger partial charge in [0.2, 0.25) is 11.8 Å². The van der Waals surface area contributed by atoms with Gasteiger partial charge >= 0.3 is 0 Å². The Morgan fingerprint density at radius 1 is 0.970 bits per heavy atom. The lowest BCUT2D eigenvalue weighted by Gasteiger charge is -2.40. The van der Waals surface area contributed by atoms with Crippen LogP contribution in [0.1, 0.15) is 87.1 Å². The molecule has 5 nitrogen and oxygen atoms in total. The minimum atomic E-state index is 0.00809. The average Bonchev–Trinajstić information content (AvgIpc) is 3.37. The molecular formula is C28H37N3O2. The normalized spacial score (nSPS) is 24.8. The van der Waals surface area contributed by atoms with E-state index >= 15 is 0 Å². The maximum atomic E-state index is 12.7. The smallest absolute Gasteiger partial charge is 0.229 e. The van der Waals surface area contributed by atoms with Gasteiger partial charge in [0.25, 0.3) is 0 Å². The Balaban J connectivity index is 1.09. The quantitative estimate of drug-likeness (QED) is 0.471. The zero-order valence-corrected chi connectivity index (χ0v) is 20.1. The zero-order chi connectivity index (χ0) is 22.6. The lowest BCUT2D eigenvalue weighted by molar-refractivity contribution is -0.153. The molecule has 4 aliphatic rings. The molecule has 33 heavy (non-hydrogen) atoms. The summed E-state index contributed by atoms with van der Waals surface area (Å²) in [7, 11) is 0. The number of unbranched alkanes of at least 4 members (excludes halogenated alkanes) is 1. The molecule has 0 radical (unpaired) electrons. The number of hydrogen-bond donors (Lipinski definition) is 0. The first-order valence-corrected chi connectivity index (χ1v) is 13.2. The van der Waals surface area contributed by atoms with E-state index < -0.39 is 0 Å². The highest BCUT2D eigenvalue weighted by Gasteiger charge is 2.44. The molecule has 2 aliphatic carbocycles. The van der Waals surface area contributed by atoms with Crippen LogP contribution in [0.4, 0.5) is 0 Å². The van der Waals surface area contributed by atoms with Crippen LogP contribution in [0.25, 0.3) is 10.9 Å². The SMILES string of the molecule is Cc1ccc2c(c1)c1c3n2CCN(CCCCN2C(=O)CC4(CCCC4)CC2=O)[C@H]3CCC1. The molecule has 3 heterocycles. The average molecular weight is 448 g/mol. The van der Waals surface area contributed by atoms with Crippen molar-refractivity contribution in [2.45, 2.75) is 90.1 Å². The number of amides is 2. The van der Waals surface area contributed by atoms with Crippen molar-refractivity contribution in [1.29, 1.82) is 0 Å². The second-order valence-electron chi connectivity index (χ2n) is 11.2. The van der Waals surface area contributed by atoms with Gasteiger partial charge in [-0.3, -0.25) is 19.4 Å². The van der Waals surface area contributed by atoms with Crippen LogP contribution in [0.5, 0.6) is 0 Å². The molecule has 1 saturated carbocycles. The van der Waals surface area contributed by atoms with Gasteiger partial charge in [0.1, 0.15) is 0 Å². The van der Waals surface area contributed by atoms with Gasteiger partial charge in [0.05, 0.1) is 6.04 Å². The topological polar surface area (TPSA) is 45.5 Å². The van der Waals surface area contributed by atoms with E-state index in [-0.39, 0.29) is 17.2 Å². The Labute approximate surface area is 197 Å². The minimum absolute atomic E-state index is 0.00809. The van der Waals surface area contributed by atoms with Crippen molar-refractivity contribution in [3.05, 3.63) is 35.0 Å². The summed E-state index contributed by atoms with van der Waals surface area (Å²) in [4.78, 5) is 29.7. The molecule has 1 spiro atoms. The lowest BCUT2D eigenvalue weighted by atomic mass is 9.76. The number of aromatic nitrogens is 1. The summed E-state index contributed by atoms with van der Waals surface area (Å²) in [6, 6.07) is 7.47. The first kappa shape index (κ1) is 21.4. The summed E-state index contributed by atoms with van der Waals surface area (Å²) in [5, 5.41) is 1.47. The van der Waals surface area contributed by atoms with Gasteiger partial charge in [0, 0.05) is 49.1 Å². The van der Waals surface area contributed by atoms with E-state index in [1.54, 1.807) is 16.2 Å². The van der Waals surface area contributed by atoms with Crippen molar-refractivity contribution in [2.75, 3.05) is 19.6 Å². The number of nitrogens with zero attached hydrogens (tertiary/aromatic N) is 3. The van der Waals surface area contributed by atoms with Crippen LogP contribution in [0.3, 0.4) is 0 Å². The van der Waals surface area contributed by atoms with E-state index in [0.717, 1.165) is 45.3 Å². The summed E-state index contributed by atoms with van der Waals surface area (Å²) < 4.78 is 2.59. The first-order chi connectivity index (χ1) is 16.0. The summed E-state index contributed by atoms with van der Waals surface area (Å²) in [6.07, 6.45) is 11.4. The van der Waals surface area contributed by atoms with Gasteiger partial charge in [0.15, 0.2) is 0 Å². The maximum Gasteiger partial charge on any atom is 0.229 e. The second-order valence-corrected chi connectivity index (χ2v) is 11.2. The Bertz CT molecular complexity index is 1070. The molecule has 1 saturated heterocycles. The van der Waals surface area contributed by atoms with Crippen molar-refractivity contribution in [3.63, 3.8) is 0 Å². The van der Waals surface area contributed by atoms with Crippen LogP contribution < -0.4 is 0 Å². The van der Waals surface area contributed by atoms with Gasteiger partial charge in [-0.25, -0.2) is 0 Å². The fourth-order valence-electron chi connectivity index (χ4n) is 7.41. The number of aryl methyl sites for hydroxylation is 2. The Morgan fingerprint density at radius 2 is 1.73 bits per heavy atom. The van der Waals surface area contributed by atoms with Crippen molar-refractivity contribution in [2.24, 2.45) is 5.41 Å². The van der Waals surface area contributed by atoms with E-state index in [4.69, 9.17) is 0 Å². The number of carbonyl (C=O) groups excluding carboxylic acids is 2.